The van der Waals surface area contributed by atoms with E-state index in [1.807, 2.05) is 43.3 Å². The quantitative estimate of drug-likeness (QED) is 0.717. The van der Waals surface area contributed by atoms with E-state index in [0.29, 0.717) is 30.1 Å². The summed E-state index contributed by atoms with van der Waals surface area (Å²) < 4.78 is 11.3. The van der Waals surface area contributed by atoms with Crippen LogP contribution in [0.1, 0.15) is 11.5 Å². The largest absolute Gasteiger partial charge is 0.493 e. The molecule has 19 heavy (non-hydrogen) atoms. The predicted molar refractivity (Wildman–Crippen MR) is 72.2 cm³/mol. The van der Waals surface area contributed by atoms with Crippen LogP contribution in [-0.2, 0) is 6.42 Å². The minimum atomic E-state index is 0.539. The van der Waals surface area contributed by atoms with Crippen LogP contribution in [0.4, 0.5) is 0 Å². The number of hydrogen-bond donors (Lipinski definition) is 0. The van der Waals surface area contributed by atoms with Crippen molar-refractivity contribution in [2.75, 3.05) is 6.61 Å². The third kappa shape index (κ3) is 2.57. The Labute approximate surface area is 111 Å². The van der Waals surface area contributed by atoms with Gasteiger partial charge in [-0.2, -0.15) is 4.98 Å². The summed E-state index contributed by atoms with van der Waals surface area (Å²) in [5.41, 5.74) is 2.49. The molecule has 2 aromatic heterocycles. The van der Waals surface area contributed by atoms with Crippen LogP contribution in [0.25, 0.3) is 11.2 Å². The van der Waals surface area contributed by atoms with Crippen molar-refractivity contribution in [2.24, 2.45) is 0 Å². The molecule has 0 unspecified atom stereocenters. The molecule has 4 nitrogen and oxygen atoms in total. The van der Waals surface area contributed by atoms with Crippen molar-refractivity contribution in [3.8, 4) is 5.75 Å². The standard InChI is InChI=1S/C15H14N2O2/c1-11-5-2-3-6-12(11)18-10-8-14-17-15-13(19-14)7-4-9-16-15/h2-7,9H,8,10H2,1H3. The topological polar surface area (TPSA) is 48.2 Å². The Morgan fingerprint density at radius 2 is 2.05 bits per heavy atom. The van der Waals surface area contributed by atoms with Crippen molar-refractivity contribution in [1.29, 1.82) is 0 Å². The van der Waals surface area contributed by atoms with Gasteiger partial charge in [0.2, 0.25) is 0 Å². The SMILES string of the molecule is Cc1ccccc1OCCc1nc2ncccc2o1. The van der Waals surface area contributed by atoms with E-state index in [4.69, 9.17) is 9.15 Å². The first-order valence-electron chi connectivity index (χ1n) is 6.22. The van der Waals surface area contributed by atoms with Crippen molar-refractivity contribution in [1.82, 2.24) is 9.97 Å². The Kier molecular flexibility index (Phi) is 3.14. The molecule has 0 saturated carbocycles. The number of nitrogens with zero attached hydrogens (tertiary/aromatic N) is 2. The van der Waals surface area contributed by atoms with E-state index in [0.717, 1.165) is 11.3 Å². The predicted octanol–water partition coefficient (Wildman–Crippen LogP) is 3.15. The van der Waals surface area contributed by atoms with Gasteiger partial charge in [-0.3, -0.25) is 0 Å². The number of rotatable bonds is 4. The number of ether oxygens (including phenoxy) is 1. The van der Waals surface area contributed by atoms with Gasteiger partial charge in [-0.15, -0.1) is 0 Å². The molecule has 0 amide bonds. The minimum Gasteiger partial charge on any atom is -0.493 e. The van der Waals surface area contributed by atoms with Gasteiger partial charge in [0.05, 0.1) is 13.0 Å². The van der Waals surface area contributed by atoms with E-state index in [1.54, 1.807) is 6.20 Å². The van der Waals surface area contributed by atoms with E-state index in [2.05, 4.69) is 9.97 Å². The van der Waals surface area contributed by atoms with Crippen LogP contribution in [0.5, 0.6) is 5.75 Å². The summed E-state index contributed by atoms with van der Waals surface area (Å²) in [6, 6.07) is 11.6. The molecular formula is C15H14N2O2. The number of hydrogen-bond acceptors (Lipinski definition) is 4. The Bertz CT molecular complexity index is 658. The summed E-state index contributed by atoms with van der Waals surface area (Å²) in [5.74, 6) is 1.55. The molecule has 2 heterocycles. The lowest BCUT2D eigenvalue weighted by molar-refractivity contribution is 0.306. The van der Waals surface area contributed by atoms with Crippen LogP contribution in [0.2, 0.25) is 0 Å². The molecule has 96 valence electrons. The fraction of sp³-hybridized carbons (Fsp3) is 0.200. The third-order valence-electron chi connectivity index (χ3n) is 2.88. The molecule has 0 bridgehead atoms. The van der Waals surface area contributed by atoms with Gasteiger partial charge in [0.25, 0.3) is 0 Å². The van der Waals surface area contributed by atoms with Gasteiger partial charge in [-0.1, -0.05) is 18.2 Å². The second-order valence-corrected chi connectivity index (χ2v) is 4.30. The number of fused-ring (bicyclic) bond motifs is 1. The fourth-order valence-corrected chi connectivity index (χ4v) is 1.89. The van der Waals surface area contributed by atoms with E-state index >= 15 is 0 Å². The third-order valence-corrected chi connectivity index (χ3v) is 2.88. The fourth-order valence-electron chi connectivity index (χ4n) is 1.89. The van der Waals surface area contributed by atoms with E-state index in [1.165, 1.54) is 0 Å². The van der Waals surface area contributed by atoms with E-state index in [9.17, 15) is 0 Å². The van der Waals surface area contributed by atoms with Gasteiger partial charge in [0, 0.05) is 6.20 Å². The van der Waals surface area contributed by atoms with Crippen LogP contribution in [0.3, 0.4) is 0 Å². The molecule has 0 saturated heterocycles. The van der Waals surface area contributed by atoms with Crippen molar-refractivity contribution >= 4 is 11.2 Å². The molecule has 0 radical (unpaired) electrons. The zero-order valence-electron chi connectivity index (χ0n) is 10.7. The smallest absolute Gasteiger partial charge is 0.200 e. The molecule has 0 spiro atoms. The molecule has 1 aromatic carbocycles. The molecule has 4 heteroatoms. The second kappa shape index (κ2) is 5.10. The van der Waals surface area contributed by atoms with Gasteiger partial charge in [0.1, 0.15) is 5.75 Å². The Hall–Kier alpha value is -2.36. The average molecular weight is 254 g/mol. The molecule has 0 fully saturated rings. The Morgan fingerprint density at radius 3 is 2.89 bits per heavy atom. The normalized spacial score (nSPS) is 10.8. The van der Waals surface area contributed by atoms with Crippen LogP contribution in [0, 0.1) is 6.92 Å². The molecule has 0 atom stereocenters. The van der Waals surface area contributed by atoms with Crippen LogP contribution in [0.15, 0.2) is 47.0 Å². The first-order chi connectivity index (χ1) is 9.33. The van der Waals surface area contributed by atoms with Crippen LogP contribution >= 0.6 is 0 Å². The molecule has 3 aromatic rings. The van der Waals surface area contributed by atoms with Gasteiger partial charge in [-0.25, -0.2) is 4.98 Å². The van der Waals surface area contributed by atoms with Gasteiger partial charge in [-0.05, 0) is 30.7 Å². The summed E-state index contributed by atoms with van der Waals surface area (Å²) >= 11 is 0. The molecule has 0 N–H and O–H groups in total. The first-order valence-corrected chi connectivity index (χ1v) is 6.22. The number of benzene rings is 1. The second-order valence-electron chi connectivity index (χ2n) is 4.30. The highest BCUT2D eigenvalue weighted by atomic mass is 16.5. The molecule has 0 aliphatic heterocycles. The Morgan fingerprint density at radius 1 is 1.16 bits per heavy atom. The lowest BCUT2D eigenvalue weighted by Crippen LogP contribution is -2.02. The highest BCUT2D eigenvalue weighted by molar-refractivity contribution is 5.66. The summed E-state index contributed by atoms with van der Waals surface area (Å²) in [4.78, 5) is 8.45. The first kappa shape index (κ1) is 11.7. The van der Waals surface area contributed by atoms with Crippen molar-refractivity contribution in [2.45, 2.75) is 13.3 Å². The molecular weight excluding hydrogens is 240 g/mol. The highest BCUT2D eigenvalue weighted by Gasteiger charge is 2.06. The maximum atomic E-state index is 5.72. The monoisotopic (exact) mass is 254 g/mol. The maximum Gasteiger partial charge on any atom is 0.200 e. The minimum absolute atomic E-state index is 0.539. The lowest BCUT2D eigenvalue weighted by Gasteiger charge is -2.06. The average Bonchev–Trinajstić information content (AvgIpc) is 2.83. The van der Waals surface area contributed by atoms with E-state index < -0.39 is 0 Å². The van der Waals surface area contributed by atoms with Crippen molar-refractivity contribution in [3.05, 3.63) is 54.0 Å². The highest BCUT2D eigenvalue weighted by Crippen LogP contribution is 2.17. The number of oxazole rings is 1. The summed E-state index contributed by atoms with van der Waals surface area (Å²) in [6.07, 6.45) is 2.34. The van der Waals surface area contributed by atoms with Gasteiger partial charge in [0.15, 0.2) is 17.1 Å². The lowest BCUT2D eigenvalue weighted by atomic mass is 10.2. The summed E-state index contributed by atoms with van der Waals surface area (Å²) in [7, 11) is 0. The number of pyridine rings is 1. The maximum absolute atomic E-state index is 5.72. The van der Waals surface area contributed by atoms with Crippen LogP contribution < -0.4 is 4.74 Å². The number of para-hydroxylation sites is 1. The van der Waals surface area contributed by atoms with Crippen LogP contribution in [-0.4, -0.2) is 16.6 Å². The number of aryl methyl sites for hydroxylation is 1. The zero-order valence-corrected chi connectivity index (χ0v) is 10.7. The molecule has 0 aliphatic rings. The Balaban J connectivity index is 1.65. The van der Waals surface area contributed by atoms with Crippen molar-refractivity contribution in [3.63, 3.8) is 0 Å². The summed E-state index contributed by atoms with van der Waals surface area (Å²) in [6.45, 7) is 2.57. The summed E-state index contributed by atoms with van der Waals surface area (Å²) in [5, 5.41) is 0. The molecule has 3 rings (SSSR count). The van der Waals surface area contributed by atoms with Crippen molar-refractivity contribution < 1.29 is 9.15 Å². The number of aromatic nitrogens is 2. The van der Waals surface area contributed by atoms with E-state index in [-0.39, 0.29) is 0 Å². The van der Waals surface area contributed by atoms with Gasteiger partial charge >= 0.3 is 0 Å². The van der Waals surface area contributed by atoms with Gasteiger partial charge < -0.3 is 9.15 Å². The zero-order chi connectivity index (χ0) is 13.1. The molecule has 0 aliphatic carbocycles.